The van der Waals surface area contributed by atoms with Crippen LogP contribution in [-0.2, 0) is 4.79 Å². The Labute approximate surface area is 84.9 Å². The third-order valence-corrected chi connectivity index (χ3v) is 2.96. The average molecular weight is 200 g/mol. The third-order valence-electron chi connectivity index (χ3n) is 2.96. The summed E-state index contributed by atoms with van der Waals surface area (Å²) >= 11 is 0. The summed E-state index contributed by atoms with van der Waals surface area (Å²) in [5.74, 6) is 0.101. The van der Waals surface area contributed by atoms with Gasteiger partial charge in [-0.25, -0.2) is 0 Å². The zero-order valence-corrected chi connectivity index (χ0v) is 8.70. The van der Waals surface area contributed by atoms with Gasteiger partial charge in [0.15, 0.2) is 0 Å². The molecular weight excluding hydrogens is 180 g/mol. The normalized spacial score (nSPS) is 28.8. The summed E-state index contributed by atoms with van der Waals surface area (Å²) in [7, 11) is 0. The predicted octanol–water partition coefficient (Wildman–Crippen LogP) is -0.142. The molecule has 0 heterocycles. The number of hydrogen-bond acceptors (Lipinski definition) is 3. The van der Waals surface area contributed by atoms with Gasteiger partial charge in [-0.1, -0.05) is 13.3 Å². The van der Waals surface area contributed by atoms with Crippen molar-refractivity contribution in [2.45, 2.75) is 32.3 Å². The van der Waals surface area contributed by atoms with Gasteiger partial charge in [-0.2, -0.15) is 0 Å². The van der Waals surface area contributed by atoms with E-state index in [1.54, 1.807) is 6.92 Å². The van der Waals surface area contributed by atoms with E-state index in [1.807, 2.05) is 0 Å². The minimum Gasteiger partial charge on any atom is -0.393 e. The molecule has 1 aliphatic carbocycles. The SMILES string of the molecule is CC(CN)C(=O)NCC1CCCC1O. The van der Waals surface area contributed by atoms with Gasteiger partial charge in [-0.3, -0.25) is 4.79 Å². The van der Waals surface area contributed by atoms with Crippen molar-refractivity contribution in [1.29, 1.82) is 0 Å². The molecule has 0 aromatic rings. The van der Waals surface area contributed by atoms with E-state index < -0.39 is 0 Å². The Balaban J connectivity index is 2.22. The Morgan fingerprint density at radius 2 is 2.36 bits per heavy atom. The van der Waals surface area contributed by atoms with Gasteiger partial charge in [0.2, 0.25) is 5.91 Å². The summed E-state index contributed by atoms with van der Waals surface area (Å²) in [6.07, 6.45) is 2.71. The number of nitrogens with two attached hydrogens (primary N) is 1. The molecule has 0 spiro atoms. The number of amides is 1. The van der Waals surface area contributed by atoms with Crippen LogP contribution in [0.3, 0.4) is 0 Å². The second-order valence-electron chi connectivity index (χ2n) is 4.14. The molecule has 1 saturated carbocycles. The van der Waals surface area contributed by atoms with E-state index in [9.17, 15) is 9.90 Å². The summed E-state index contributed by atoms with van der Waals surface area (Å²) < 4.78 is 0. The molecule has 3 unspecified atom stereocenters. The fraction of sp³-hybridized carbons (Fsp3) is 0.900. The molecule has 1 amide bonds. The zero-order chi connectivity index (χ0) is 10.6. The van der Waals surface area contributed by atoms with E-state index >= 15 is 0 Å². The van der Waals surface area contributed by atoms with Crippen LogP contribution in [0.5, 0.6) is 0 Å². The highest BCUT2D eigenvalue weighted by atomic mass is 16.3. The topological polar surface area (TPSA) is 75.4 Å². The lowest BCUT2D eigenvalue weighted by Gasteiger charge is -2.16. The maximum absolute atomic E-state index is 11.4. The van der Waals surface area contributed by atoms with Gasteiger partial charge in [0.05, 0.1) is 6.10 Å². The molecule has 4 nitrogen and oxygen atoms in total. The molecular formula is C10H20N2O2. The monoisotopic (exact) mass is 200 g/mol. The molecule has 0 radical (unpaired) electrons. The quantitative estimate of drug-likeness (QED) is 0.591. The number of carbonyl (C=O) groups is 1. The highest BCUT2D eigenvalue weighted by Crippen LogP contribution is 2.24. The Bertz CT molecular complexity index is 197. The van der Waals surface area contributed by atoms with Crippen LogP contribution < -0.4 is 11.1 Å². The third kappa shape index (κ3) is 2.96. The van der Waals surface area contributed by atoms with Crippen molar-refractivity contribution < 1.29 is 9.90 Å². The molecule has 82 valence electrons. The lowest BCUT2D eigenvalue weighted by Crippen LogP contribution is -2.37. The van der Waals surface area contributed by atoms with Crippen molar-refractivity contribution in [3.63, 3.8) is 0 Å². The Kier molecular flexibility index (Phi) is 4.35. The van der Waals surface area contributed by atoms with Crippen LogP contribution in [0.15, 0.2) is 0 Å². The molecule has 4 heteroatoms. The van der Waals surface area contributed by atoms with E-state index in [0.717, 1.165) is 19.3 Å². The number of hydrogen-bond donors (Lipinski definition) is 3. The number of aliphatic hydroxyl groups is 1. The molecule has 1 aliphatic rings. The number of carbonyl (C=O) groups excluding carboxylic acids is 1. The summed E-state index contributed by atoms with van der Waals surface area (Å²) in [6.45, 7) is 2.77. The van der Waals surface area contributed by atoms with Gasteiger partial charge in [-0.05, 0) is 12.8 Å². The van der Waals surface area contributed by atoms with E-state index in [4.69, 9.17) is 5.73 Å². The second-order valence-corrected chi connectivity index (χ2v) is 4.14. The van der Waals surface area contributed by atoms with Gasteiger partial charge in [0, 0.05) is 24.9 Å². The van der Waals surface area contributed by atoms with Crippen molar-refractivity contribution in [2.75, 3.05) is 13.1 Å². The van der Waals surface area contributed by atoms with Crippen molar-refractivity contribution in [2.24, 2.45) is 17.6 Å². The van der Waals surface area contributed by atoms with Crippen LogP contribution in [0.4, 0.5) is 0 Å². The predicted molar refractivity (Wildman–Crippen MR) is 54.6 cm³/mol. The Hall–Kier alpha value is -0.610. The van der Waals surface area contributed by atoms with Crippen LogP contribution in [-0.4, -0.2) is 30.2 Å². The highest BCUT2D eigenvalue weighted by molar-refractivity contribution is 5.78. The standard InChI is InChI=1S/C10H20N2O2/c1-7(5-11)10(14)12-6-8-3-2-4-9(8)13/h7-9,13H,2-6,11H2,1H3,(H,12,14). The molecule has 0 aliphatic heterocycles. The zero-order valence-electron chi connectivity index (χ0n) is 8.70. The molecule has 3 atom stereocenters. The molecule has 0 saturated heterocycles. The van der Waals surface area contributed by atoms with E-state index in [0.29, 0.717) is 13.1 Å². The number of rotatable bonds is 4. The van der Waals surface area contributed by atoms with Gasteiger partial charge in [0.1, 0.15) is 0 Å². The van der Waals surface area contributed by atoms with E-state index in [-0.39, 0.29) is 23.8 Å². The summed E-state index contributed by atoms with van der Waals surface area (Å²) in [6, 6.07) is 0. The number of nitrogens with one attached hydrogen (secondary N) is 1. The largest absolute Gasteiger partial charge is 0.393 e. The second kappa shape index (κ2) is 5.32. The maximum Gasteiger partial charge on any atom is 0.224 e. The first-order valence-corrected chi connectivity index (χ1v) is 5.31. The van der Waals surface area contributed by atoms with Crippen molar-refractivity contribution in [3.05, 3.63) is 0 Å². The van der Waals surface area contributed by atoms with Gasteiger partial charge >= 0.3 is 0 Å². The highest BCUT2D eigenvalue weighted by Gasteiger charge is 2.25. The maximum atomic E-state index is 11.4. The number of aliphatic hydroxyl groups excluding tert-OH is 1. The van der Waals surface area contributed by atoms with Crippen LogP contribution in [0.25, 0.3) is 0 Å². The summed E-state index contributed by atoms with van der Waals surface area (Å²) in [5.41, 5.74) is 5.37. The fourth-order valence-corrected chi connectivity index (χ4v) is 1.77. The molecule has 0 aromatic heterocycles. The van der Waals surface area contributed by atoms with Gasteiger partial charge in [0.25, 0.3) is 0 Å². The Morgan fingerprint density at radius 1 is 1.64 bits per heavy atom. The Morgan fingerprint density at radius 3 is 2.86 bits per heavy atom. The average Bonchev–Trinajstić information content (AvgIpc) is 2.59. The molecule has 0 aromatic carbocycles. The van der Waals surface area contributed by atoms with Gasteiger partial charge in [-0.15, -0.1) is 0 Å². The summed E-state index contributed by atoms with van der Waals surface area (Å²) in [5, 5.41) is 12.3. The lowest BCUT2D eigenvalue weighted by atomic mass is 10.1. The van der Waals surface area contributed by atoms with Crippen LogP contribution in [0.2, 0.25) is 0 Å². The van der Waals surface area contributed by atoms with Crippen molar-refractivity contribution >= 4 is 5.91 Å². The molecule has 1 rings (SSSR count). The first-order chi connectivity index (χ1) is 6.65. The van der Waals surface area contributed by atoms with E-state index in [2.05, 4.69) is 5.32 Å². The fourth-order valence-electron chi connectivity index (χ4n) is 1.77. The first-order valence-electron chi connectivity index (χ1n) is 5.31. The molecule has 4 N–H and O–H groups in total. The van der Waals surface area contributed by atoms with Crippen LogP contribution in [0, 0.1) is 11.8 Å². The smallest absolute Gasteiger partial charge is 0.224 e. The van der Waals surface area contributed by atoms with Crippen molar-refractivity contribution in [3.8, 4) is 0 Å². The molecule has 14 heavy (non-hydrogen) atoms. The summed E-state index contributed by atoms with van der Waals surface area (Å²) in [4.78, 5) is 11.4. The first kappa shape index (κ1) is 11.5. The minimum atomic E-state index is -0.233. The van der Waals surface area contributed by atoms with Crippen molar-refractivity contribution in [1.82, 2.24) is 5.32 Å². The van der Waals surface area contributed by atoms with Gasteiger partial charge < -0.3 is 16.2 Å². The molecule has 1 fully saturated rings. The lowest BCUT2D eigenvalue weighted by molar-refractivity contribution is -0.124. The van der Waals surface area contributed by atoms with Crippen LogP contribution in [0.1, 0.15) is 26.2 Å². The minimum absolute atomic E-state index is 0.00778. The molecule has 0 bridgehead atoms. The van der Waals surface area contributed by atoms with Crippen LogP contribution >= 0.6 is 0 Å². The van der Waals surface area contributed by atoms with E-state index in [1.165, 1.54) is 0 Å².